The Hall–Kier alpha value is -2.14. The minimum atomic E-state index is 0.111. The lowest BCUT2D eigenvalue weighted by molar-refractivity contribution is 0.0764. The maximum Gasteiger partial charge on any atom is 0.254 e. The van der Waals surface area contributed by atoms with Crippen molar-refractivity contribution in [2.75, 3.05) is 13.1 Å². The van der Waals surface area contributed by atoms with Gasteiger partial charge in [0.2, 0.25) is 0 Å². The van der Waals surface area contributed by atoms with E-state index in [-0.39, 0.29) is 5.91 Å². The maximum atomic E-state index is 13.0. The first kappa shape index (κ1) is 18.6. The lowest BCUT2D eigenvalue weighted by Crippen LogP contribution is -2.32. The van der Waals surface area contributed by atoms with Crippen LogP contribution in [-0.4, -0.2) is 39.9 Å². The van der Waals surface area contributed by atoms with Gasteiger partial charge in [-0.1, -0.05) is 13.0 Å². The number of fused-ring (bicyclic) bond motifs is 1. The van der Waals surface area contributed by atoms with Crippen molar-refractivity contribution in [3.63, 3.8) is 0 Å². The van der Waals surface area contributed by atoms with Crippen molar-refractivity contribution >= 4 is 5.91 Å². The van der Waals surface area contributed by atoms with Crippen LogP contribution in [0.2, 0.25) is 0 Å². The molecule has 0 bridgehead atoms. The van der Waals surface area contributed by atoms with E-state index in [0.717, 1.165) is 71.9 Å². The highest BCUT2D eigenvalue weighted by Gasteiger charge is 2.22. The van der Waals surface area contributed by atoms with Gasteiger partial charge in [-0.25, -0.2) is 4.98 Å². The Bertz CT molecular complexity index is 809. The molecule has 1 unspecified atom stereocenters. The number of nitrogens with one attached hydrogen (secondary N) is 2. The Kier molecular flexibility index (Phi) is 5.47. The number of hydrogen-bond donors (Lipinski definition) is 2. The Labute approximate surface area is 156 Å². The molecule has 2 aromatic rings. The summed E-state index contributed by atoms with van der Waals surface area (Å²) in [5.74, 6) is 0.982. The number of nitrogens with zero attached hydrogens (tertiary/aromatic N) is 2. The topological polar surface area (TPSA) is 61.0 Å². The zero-order valence-corrected chi connectivity index (χ0v) is 16.6. The number of hydrogen-bond acceptors (Lipinski definition) is 3. The Morgan fingerprint density at radius 2 is 2.04 bits per heavy atom. The third kappa shape index (κ3) is 3.54. The van der Waals surface area contributed by atoms with Crippen LogP contribution in [0.15, 0.2) is 12.1 Å². The van der Waals surface area contributed by atoms with Crippen LogP contribution in [0.4, 0.5) is 0 Å². The van der Waals surface area contributed by atoms with Gasteiger partial charge in [-0.2, -0.15) is 0 Å². The van der Waals surface area contributed by atoms with Crippen LogP contribution in [0.1, 0.15) is 60.1 Å². The van der Waals surface area contributed by atoms with Crippen molar-refractivity contribution in [2.45, 2.75) is 60.0 Å². The zero-order valence-electron chi connectivity index (χ0n) is 16.6. The van der Waals surface area contributed by atoms with Gasteiger partial charge >= 0.3 is 0 Å². The molecule has 5 nitrogen and oxygen atoms in total. The van der Waals surface area contributed by atoms with Gasteiger partial charge in [0, 0.05) is 43.2 Å². The molecule has 3 rings (SSSR count). The SMILES string of the molecule is CCCN(CC)C(=O)c1cc(-c2nc3c([nH]2)CNC(C)C3)c(C)cc1C. The average Bonchev–Trinajstić information content (AvgIpc) is 3.01. The molecule has 1 atom stereocenters. The van der Waals surface area contributed by atoms with Gasteiger partial charge in [0.05, 0.1) is 11.4 Å². The number of aromatic amines is 1. The summed E-state index contributed by atoms with van der Waals surface area (Å²) in [6.45, 7) is 12.8. The lowest BCUT2D eigenvalue weighted by Gasteiger charge is -2.22. The molecule has 1 aliphatic heterocycles. The number of aromatic nitrogens is 2. The van der Waals surface area contributed by atoms with E-state index >= 15 is 0 Å². The van der Waals surface area contributed by atoms with Crippen molar-refractivity contribution in [2.24, 2.45) is 0 Å². The normalized spacial score (nSPS) is 16.4. The second-order valence-corrected chi connectivity index (χ2v) is 7.36. The molecule has 0 saturated heterocycles. The fourth-order valence-electron chi connectivity index (χ4n) is 3.71. The summed E-state index contributed by atoms with van der Waals surface area (Å²) in [5.41, 5.74) is 6.27. The number of rotatable bonds is 5. The van der Waals surface area contributed by atoms with E-state index in [2.05, 4.69) is 37.1 Å². The quantitative estimate of drug-likeness (QED) is 0.862. The lowest BCUT2D eigenvalue weighted by atomic mass is 9.98. The van der Waals surface area contributed by atoms with Gasteiger partial charge in [-0.15, -0.1) is 0 Å². The molecule has 1 aromatic carbocycles. The molecule has 1 aromatic heterocycles. The van der Waals surface area contributed by atoms with Crippen LogP contribution in [0.3, 0.4) is 0 Å². The van der Waals surface area contributed by atoms with Gasteiger partial charge in [0.15, 0.2) is 0 Å². The van der Waals surface area contributed by atoms with Gasteiger partial charge in [0.25, 0.3) is 5.91 Å². The van der Waals surface area contributed by atoms with Crippen molar-refractivity contribution in [3.8, 4) is 11.4 Å². The standard InChI is InChI=1S/C21H30N4O/c1-6-8-25(7-2)21(26)17-11-16(13(3)9-14(17)4)20-23-18-10-15(5)22-12-19(18)24-20/h9,11,15,22H,6-8,10,12H2,1-5H3,(H,23,24). The van der Waals surface area contributed by atoms with E-state index in [0.29, 0.717) is 6.04 Å². The molecule has 0 spiro atoms. The van der Waals surface area contributed by atoms with Crippen molar-refractivity contribution in [1.29, 1.82) is 0 Å². The van der Waals surface area contributed by atoms with Gasteiger partial charge in [-0.05, 0) is 51.3 Å². The van der Waals surface area contributed by atoms with E-state index in [1.165, 1.54) is 0 Å². The highest BCUT2D eigenvalue weighted by atomic mass is 16.2. The van der Waals surface area contributed by atoms with Crippen LogP contribution in [0.5, 0.6) is 0 Å². The van der Waals surface area contributed by atoms with E-state index in [1.54, 1.807) is 0 Å². The number of carbonyl (C=O) groups excluding carboxylic acids is 1. The summed E-state index contributed by atoms with van der Waals surface area (Å²) >= 11 is 0. The average molecular weight is 354 g/mol. The fraction of sp³-hybridized carbons (Fsp3) is 0.524. The Balaban J connectivity index is 2.00. The number of amides is 1. The molecular weight excluding hydrogens is 324 g/mol. The molecule has 1 aliphatic rings. The predicted octanol–water partition coefficient (Wildman–Crippen LogP) is 3.60. The van der Waals surface area contributed by atoms with Gasteiger partial charge in [0.1, 0.15) is 5.82 Å². The molecule has 0 aliphatic carbocycles. The summed E-state index contributed by atoms with van der Waals surface area (Å²) in [6, 6.07) is 4.57. The van der Waals surface area contributed by atoms with Crippen LogP contribution in [-0.2, 0) is 13.0 Å². The molecule has 0 saturated carbocycles. The largest absolute Gasteiger partial charge is 0.341 e. The maximum absolute atomic E-state index is 13.0. The molecule has 0 fully saturated rings. The summed E-state index contributed by atoms with van der Waals surface area (Å²) in [4.78, 5) is 23.2. The first-order valence-electron chi connectivity index (χ1n) is 9.66. The van der Waals surface area contributed by atoms with Crippen LogP contribution >= 0.6 is 0 Å². The molecule has 1 amide bonds. The second kappa shape index (κ2) is 7.62. The molecular formula is C21H30N4O. The third-order valence-electron chi connectivity index (χ3n) is 5.21. The highest BCUT2D eigenvalue weighted by Crippen LogP contribution is 2.28. The Morgan fingerprint density at radius 3 is 2.73 bits per heavy atom. The molecule has 140 valence electrons. The molecule has 26 heavy (non-hydrogen) atoms. The van der Waals surface area contributed by atoms with E-state index < -0.39 is 0 Å². The van der Waals surface area contributed by atoms with Crippen LogP contribution in [0.25, 0.3) is 11.4 Å². The molecule has 5 heteroatoms. The highest BCUT2D eigenvalue weighted by molar-refractivity contribution is 5.97. The first-order valence-corrected chi connectivity index (χ1v) is 9.66. The zero-order chi connectivity index (χ0) is 18.8. The summed E-state index contributed by atoms with van der Waals surface area (Å²) < 4.78 is 0. The smallest absolute Gasteiger partial charge is 0.254 e. The molecule has 2 N–H and O–H groups in total. The summed E-state index contributed by atoms with van der Waals surface area (Å²) in [5, 5.41) is 3.46. The van der Waals surface area contributed by atoms with Crippen molar-refractivity contribution < 1.29 is 4.79 Å². The first-order chi connectivity index (χ1) is 12.4. The third-order valence-corrected chi connectivity index (χ3v) is 5.21. The minimum absolute atomic E-state index is 0.111. The molecule has 0 radical (unpaired) electrons. The van der Waals surface area contributed by atoms with Gasteiger partial charge < -0.3 is 15.2 Å². The number of aryl methyl sites for hydroxylation is 2. The number of imidazole rings is 1. The monoisotopic (exact) mass is 354 g/mol. The second-order valence-electron chi connectivity index (χ2n) is 7.36. The summed E-state index contributed by atoms with van der Waals surface area (Å²) in [7, 11) is 0. The summed E-state index contributed by atoms with van der Waals surface area (Å²) in [6.07, 6.45) is 1.90. The van der Waals surface area contributed by atoms with E-state index in [4.69, 9.17) is 4.98 Å². The minimum Gasteiger partial charge on any atom is -0.341 e. The number of H-pyrrole nitrogens is 1. The predicted molar refractivity (Wildman–Crippen MR) is 105 cm³/mol. The van der Waals surface area contributed by atoms with Crippen LogP contribution < -0.4 is 5.32 Å². The van der Waals surface area contributed by atoms with E-state index in [9.17, 15) is 4.79 Å². The van der Waals surface area contributed by atoms with Gasteiger partial charge in [-0.3, -0.25) is 4.79 Å². The van der Waals surface area contributed by atoms with E-state index in [1.807, 2.05) is 24.8 Å². The molecule has 2 heterocycles. The fourth-order valence-corrected chi connectivity index (χ4v) is 3.71. The number of carbonyl (C=O) groups is 1. The Morgan fingerprint density at radius 1 is 1.27 bits per heavy atom. The van der Waals surface area contributed by atoms with Crippen LogP contribution in [0, 0.1) is 13.8 Å². The van der Waals surface area contributed by atoms with Crippen molar-refractivity contribution in [3.05, 3.63) is 40.2 Å². The van der Waals surface area contributed by atoms with Crippen molar-refractivity contribution in [1.82, 2.24) is 20.2 Å². The number of benzene rings is 1.